The minimum absolute atomic E-state index is 0.0403. The Balaban J connectivity index is 2.34. The van der Waals surface area contributed by atoms with Gasteiger partial charge in [0.05, 0.1) is 16.2 Å². The first-order valence-corrected chi connectivity index (χ1v) is 7.09. The zero-order valence-electron chi connectivity index (χ0n) is 12.3. The molecule has 0 heterocycles. The van der Waals surface area contributed by atoms with Gasteiger partial charge in [-0.15, -0.1) is 0 Å². The Kier molecular flexibility index (Phi) is 4.16. The predicted molar refractivity (Wildman–Crippen MR) is 79.7 cm³/mol. The molecule has 1 unspecified atom stereocenters. The summed E-state index contributed by atoms with van der Waals surface area (Å²) in [6.45, 7) is 4.28. The number of nitrogens with zero attached hydrogens (tertiary/aromatic N) is 1. The number of benzene rings is 1. The summed E-state index contributed by atoms with van der Waals surface area (Å²) in [6, 6.07) is 3.94. The van der Waals surface area contributed by atoms with Crippen molar-refractivity contribution in [3.63, 3.8) is 0 Å². The molecule has 2 rings (SSSR count). The molecule has 21 heavy (non-hydrogen) atoms. The fraction of sp³-hybridized carbons (Fsp3) is 0.533. The summed E-state index contributed by atoms with van der Waals surface area (Å²) in [4.78, 5) is 21.7. The molecule has 1 atom stereocenters. The lowest BCUT2D eigenvalue weighted by molar-refractivity contribution is -0.384. The van der Waals surface area contributed by atoms with E-state index in [1.807, 2.05) is 0 Å². The van der Waals surface area contributed by atoms with Crippen LogP contribution in [0.1, 0.15) is 49.9 Å². The average molecular weight is 292 g/mol. The van der Waals surface area contributed by atoms with Crippen LogP contribution in [-0.4, -0.2) is 22.0 Å². The van der Waals surface area contributed by atoms with Crippen LogP contribution in [0.2, 0.25) is 0 Å². The van der Waals surface area contributed by atoms with E-state index < -0.39 is 10.9 Å². The van der Waals surface area contributed by atoms with Gasteiger partial charge in [0.2, 0.25) is 0 Å². The van der Waals surface area contributed by atoms with Gasteiger partial charge in [0.15, 0.2) is 0 Å². The smallest absolute Gasteiger partial charge is 0.337 e. The summed E-state index contributed by atoms with van der Waals surface area (Å²) in [6.07, 6.45) is 4.24. The number of carboxylic acid groups (broad SMARTS) is 1. The number of nitro groups is 1. The largest absolute Gasteiger partial charge is 0.478 e. The molecule has 1 aliphatic rings. The highest BCUT2D eigenvalue weighted by atomic mass is 16.6. The third-order valence-electron chi connectivity index (χ3n) is 4.28. The van der Waals surface area contributed by atoms with Gasteiger partial charge < -0.3 is 10.4 Å². The molecular formula is C15H20N2O4. The van der Waals surface area contributed by atoms with E-state index >= 15 is 0 Å². The van der Waals surface area contributed by atoms with Crippen LogP contribution >= 0.6 is 0 Å². The zero-order chi connectivity index (χ0) is 15.6. The zero-order valence-corrected chi connectivity index (χ0v) is 12.3. The Morgan fingerprint density at radius 2 is 2.14 bits per heavy atom. The first kappa shape index (κ1) is 15.3. The Morgan fingerprint density at radius 1 is 1.43 bits per heavy atom. The molecule has 0 bridgehead atoms. The fourth-order valence-corrected chi connectivity index (χ4v) is 2.90. The minimum Gasteiger partial charge on any atom is -0.478 e. The molecule has 0 spiro atoms. The summed E-state index contributed by atoms with van der Waals surface area (Å²) in [5, 5.41) is 23.4. The molecule has 0 amide bonds. The summed E-state index contributed by atoms with van der Waals surface area (Å²) in [5.74, 6) is -1.08. The lowest BCUT2D eigenvalue weighted by Crippen LogP contribution is -2.39. The number of carbonyl (C=O) groups is 1. The van der Waals surface area contributed by atoms with Crippen molar-refractivity contribution in [2.45, 2.75) is 45.6 Å². The maximum Gasteiger partial charge on any atom is 0.337 e. The lowest BCUT2D eigenvalue weighted by Gasteiger charge is -2.39. The number of hydrogen-bond donors (Lipinski definition) is 2. The highest BCUT2D eigenvalue weighted by molar-refractivity contribution is 5.94. The molecule has 6 nitrogen and oxygen atoms in total. The number of hydrogen-bond acceptors (Lipinski definition) is 4. The van der Waals surface area contributed by atoms with Crippen LogP contribution < -0.4 is 5.32 Å². The maximum atomic E-state index is 11.3. The van der Waals surface area contributed by atoms with E-state index in [1.165, 1.54) is 18.2 Å². The van der Waals surface area contributed by atoms with Crippen LogP contribution in [0.3, 0.4) is 0 Å². The Labute approximate surface area is 123 Å². The predicted octanol–water partition coefficient (Wildman–Crippen LogP) is 3.67. The van der Waals surface area contributed by atoms with E-state index in [4.69, 9.17) is 0 Å². The summed E-state index contributed by atoms with van der Waals surface area (Å²) in [5.41, 5.74) is 0.341. The third kappa shape index (κ3) is 3.32. The minimum atomic E-state index is -1.08. The number of carboxylic acids is 1. The lowest BCUT2D eigenvalue weighted by atomic mass is 9.73. The fourth-order valence-electron chi connectivity index (χ4n) is 2.90. The highest BCUT2D eigenvalue weighted by Gasteiger charge is 2.33. The Bertz CT molecular complexity index is 569. The van der Waals surface area contributed by atoms with Crippen molar-refractivity contribution >= 4 is 17.3 Å². The second kappa shape index (κ2) is 5.71. The number of non-ortho nitro benzene ring substituents is 1. The topological polar surface area (TPSA) is 92.5 Å². The van der Waals surface area contributed by atoms with Gasteiger partial charge in [0.1, 0.15) is 0 Å². The number of nitro benzene ring substituents is 1. The Morgan fingerprint density at radius 3 is 2.71 bits per heavy atom. The van der Waals surface area contributed by atoms with Gasteiger partial charge in [-0.1, -0.05) is 26.7 Å². The third-order valence-corrected chi connectivity index (χ3v) is 4.28. The number of anilines is 1. The van der Waals surface area contributed by atoms with Crippen molar-refractivity contribution in [2.75, 3.05) is 5.32 Å². The van der Waals surface area contributed by atoms with Gasteiger partial charge in [-0.05, 0) is 24.3 Å². The molecule has 1 aromatic carbocycles. The molecule has 1 aromatic rings. The van der Waals surface area contributed by atoms with Crippen molar-refractivity contribution in [2.24, 2.45) is 5.41 Å². The molecule has 1 fully saturated rings. The van der Waals surface area contributed by atoms with E-state index in [0.29, 0.717) is 5.69 Å². The van der Waals surface area contributed by atoms with Gasteiger partial charge in [0, 0.05) is 18.2 Å². The van der Waals surface area contributed by atoms with E-state index in [0.717, 1.165) is 25.7 Å². The number of aromatic carboxylic acids is 1. The monoisotopic (exact) mass is 292 g/mol. The normalized spacial score (nSPS) is 20.8. The molecule has 2 N–H and O–H groups in total. The van der Waals surface area contributed by atoms with Crippen molar-refractivity contribution < 1.29 is 14.8 Å². The van der Waals surface area contributed by atoms with Gasteiger partial charge in [-0.2, -0.15) is 0 Å². The quantitative estimate of drug-likeness (QED) is 0.652. The molecule has 0 aromatic heterocycles. The van der Waals surface area contributed by atoms with E-state index in [-0.39, 0.29) is 22.7 Å². The summed E-state index contributed by atoms with van der Waals surface area (Å²) < 4.78 is 0. The number of nitrogens with one attached hydrogen (secondary N) is 1. The Hall–Kier alpha value is -2.11. The second-order valence-corrected chi connectivity index (χ2v) is 6.22. The van der Waals surface area contributed by atoms with Gasteiger partial charge >= 0.3 is 5.97 Å². The van der Waals surface area contributed by atoms with Crippen molar-refractivity contribution in [3.8, 4) is 0 Å². The van der Waals surface area contributed by atoms with Gasteiger partial charge in [-0.3, -0.25) is 10.1 Å². The van der Waals surface area contributed by atoms with Crippen LogP contribution in [-0.2, 0) is 0 Å². The molecular weight excluding hydrogens is 272 g/mol. The molecule has 1 saturated carbocycles. The SMILES string of the molecule is CC1(C)CCCCC1Nc1cc([N+](=O)[O-])ccc1C(=O)O. The van der Waals surface area contributed by atoms with Gasteiger partial charge in [0.25, 0.3) is 5.69 Å². The average Bonchev–Trinajstić information content (AvgIpc) is 2.40. The molecule has 0 aliphatic heterocycles. The molecule has 0 radical (unpaired) electrons. The van der Waals surface area contributed by atoms with Crippen LogP contribution in [0, 0.1) is 15.5 Å². The second-order valence-electron chi connectivity index (χ2n) is 6.22. The van der Waals surface area contributed by atoms with Crippen LogP contribution in [0.15, 0.2) is 18.2 Å². The van der Waals surface area contributed by atoms with Crippen LogP contribution in [0.25, 0.3) is 0 Å². The van der Waals surface area contributed by atoms with Crippen molar-refractivity contribution in [1.82, 2.24) is 0 Å². The summed E-state index contributed by atoms with van der Waals surface area (Å²) in [7, 11) is 0. The maximum absolute atomic E-state index is 11.3. The molecule has 6 heteroatoms. The van der Waals surface area contributed by atoms with Crippen molar-refractivity contribution in [1.29, 1.82) is 0 Å². The molecule has 0 saturated heterocycles. The first-order valence-electron chi connectivity index (χ1n) is 7.09. The number of rotatable bonds is 4. The van der Waals surface area contributed by atoms with Gasteiger partial charge in [-0.25, -0.2) is 4.79 Å². The van der Waals surface area contributed by atoms with Crippen molar-refractivity contribution in [3.05, 3.63) is 33.9 Å². The van der Waals surface area contributed by atoms with Crippen LogP contribution in [0.4, 0.5) is 11.4 Å². The van der Waals surface area contributed by atoms with E-state index in [1.54, 1.807) is 0 Å². The van der Waals surface area contributed by atoms with E-state index in [2.05, 4.69) is 19.2 Å². The summed E-state index contributed by atoms with van der Waals surface area (Å²) >= 11 is 0. The first-order chi connectivity index (χ1) is 9.81. The standard InChI is InChI=1S/C15H20N2O4/c1-15(2)8-4-3-5-13(15)16-12-9-10(17(20)21)6-7-11(12)14(18)19/h6-7,9,13,16H,3-5,8H2,1-2H3,(H,18,19). The molecule has 114 valence electrons. The highest BCUT2D eigenvalue weighted by Crippen LogP contribution is 2.38. The van der Waals surface area contributed by atoms with Crippen LogP contribution in [0.5, 0.6) is 0 Å². The van der Waals surface area contributed by atoms with E-state index in [9.17, 15) is 20.0 Å². The molecule has 1 aliphatic carbocycles.